The van der Waals surface area contributed by atoms with Crippen molar-refractivity contribution in [3.8, 4) is 0 Å². The van der Waals surface area contributed by atoms with E-state index in [1.165, 1.54) is 0 Å². The zero-order valence-corrected chi connectivity index (χ0v) is 15.4. The van der Waals surface area contributed by atoms with Crippen LogP contribution in [0.5, 0.6) is 0 Å². The van der Waals surface area contributed by atoms with E-state index < -0.39 is 0 Å². The molecule has 2 heterocycles. The van der Waals surface area contributed by atoms with Crippen molar-refractivity contribution in [3.63, 3.8) is 0 Å². The van der Waals surface area contributed by atoms with Crippen molar-refractivity contribution in [2.75, 3.05) is 11.5 Å². The zero-order chi connectivity index (χ0) is 17.6. The van der Waals surface area contributed by atoms with Gasteiger partial charge in [-0.25, -0.2) is 4.79 Å². The molecule has 0 saturated heterocycles. The summed E-state index contributed by atoms with van der Waals surface area (Å²) in [6.07, 6.45) is 0.174. The van der Waals surface area contributed by atoms with Gasteiger partial charge in [-0.3, -0.25) is 9.69 Å². The quantitative estimate of drug-likeness (QED) is 0.678. The number of carbonyl (C=O) groups excluding carboxylic acids is 2. The number of cyclic esters (lactones) is 1. The highest BCUT2D eigenvalue weighted by atomic mass is 79.9. The maximum absolute atomic E-state index is 12.9. The van der Waals surface area contributed by atoms with Crippen molar-refractivity contribution >= 4 is 45.1 Å². The summed E-state index contributed by atoms with van der Waals surface area (Å²) >= 11 is 9.70. The molecule has 2 aromatic rings. The molecule has 0 radical (unpaired) electrons. The molecule has 1 atom stereocenters. The second-order valence-electron chi connectivity index (χ2n) is 5.92. The normalized spacial score (nSPS) is 19.9. The van der Waals surface area contributed by atoms with Crippen molar-refractivity contribution in [2.24, 2.45) is 0 Å². The van der Waals surface area contributed by atoms with E-state index in [1.807, 2.05) is 42.5 Å². The molecule has 6 heteroatoms. The molecule has 2 aromatic carbocycles. The number of carbonyl (C=O) groups is 2. The second kappa shape index (κ2) is 6.32. The number of amides is 1. The van der Waals surface area contributed by atoms with Gasteiger partial charge in [0.05, 0.1) is 11.3 Å². The number of rotatable bonds is 2. The van der Waals surface area contributed by atoms with Gasteiger partial charge in [-0.15, -0.1) is 0 Å². The molecule has 0 N–H and O–H groups in total. The number of halogens is 2. The minimum atomic E-state index is -0.380. The van der Waals surface area contributed by atoms with E-state index >= 15 is 0 Å². The van der Waals surface area contributed by atoms with Gasteiger partial charge in [0.15, 0.2) is 0 Å². The van der Waals surface area contributed by atoms with Gasteiger partial charge in [-0.05, 0) is 35.9 Å². The molecule has 4 nitrogen and oxygen atoms in total. The number of hydrogen-bond acceptors (Lipinski definition) is 3. The molecule has 2 aliphatic heterocycles. The second-order valence-corrected chi connectivity index (χ2v) is 7.24. The molecule has 0 saturated carbocycles. The molecular weight excluding hydrogens is 406 g/mol. The molecule has 2 aliphatic rings. The van der Waals surface area contributed by atoms with Crippen molar-refractivity contribution < 1.29 is 14.3 Å². The monoisotopic (exact) mass is 417 g/mol. The number of esters is 1. The first-order chi connectivity index (χ1) is 12.1. The van der Waals surface area contributed by atoms with E-state index in [-0.39, 0.29) is 30.8 Å². The Morgan fingerprint density at radius 2 is 1.80 bits per heavy atom. The summed E-state index contributed by atoms with van der Waals surface area (Å²) in [4.78, 5) is 26.9. The Morgan fingerprint density at radius 1 is 1.08 bits per heavy atom. The Labute approximate surface area is 158 Å². The van der Waals surface area contributed by atoms with Crippen LogP contribution < -0.4 is 4.90 Å². The Bertz CT molecular complexity index is 907. The van der Waals surface area contributed by atoms with E-state index in [0.29, 0.717) is 16.3 Å². The lowest BCUT2D eigenvalue weighted by molar-refractivity contribution is -0.136. The van der Waals surface area contributed by atoms with Crippen molar-refractivity contribution in [1.29, 1.82) is 0 Å². The van der Waals surface area contributed by atoms with Gasteiger partial charge >= 0.3 is 5.97 Å². The highest BCUT2D eigenvalue weighted by Crippen LogP contribution is 2.43. The molecule has 0 bridgehead atoms. The molecule has 4 rings (SSSR count). The van der Waals surface area contributed by atoms with Crippen LogP contribution in [0.3, 0.4) is 0 Å². The highest BCUT2D eigenvalue weighted by molar-refractivity contribution is 9.10. The Morgan fingerprint density at radius 3 is 2.52 bits per heavy atom. The Balaban J connectivity index is 1.85. The minimum Gasteiger partial charge on any atom is -0.456 e. The van der Waals surface area contributed by atoms with Crippen LogP contribution in [0.2, 0.25) is 5.02 Å². The number of anilines is 1. The number of ether oxygens (including phenoxy) is 1. The maximum Gasteiger partial charge on any atom is 0.336 e. The Kier molecular flexibility index (Phi) is 4.13. The first kappa shape index (κ1) is 16.4. The fraction of sp³-hybridized carbons (Fsp3) is 0.158. The highest BCUT2D eigenvalue weighted by Gasteiger charge is 2.43. The first-order valence-electron chi connectivity index (χ1n) is 7.79. The lowest BCUT2D eigenvalue weighted by Gasteiger charge is -2.32. The van der Waals surface area contributed by atoms with Gasteiger partial charge in [0.1, 0.15) is 6.61 Å². The summed E-state index contributed by atoms with van der Waals surface area (Å²) < 4.78 is 6.18. The fourth-order valence-electron chi connectivity index (χ4n) is 3.37. The Hall–Kier alpha value is -2.11. The third-order valence-corrected chi connectivity index (χ3v) is 5.36. The van der Waals surface area contributed by atoms with Crippen LogP contribution in [0.1, 0.15) is 17.9 Å². The van der Waals surface area contributed by atoms with E-state index in [2.05, 4.69) is 15.9 Å². The summed E-state index contributed by atoms with van der Waals surface area (Å²) in [6, 6.07) is 14.7. The van der Waals surface area contributed by atoms with E-state index in [0.717, 1.165) is 15.7 Å². The largest absolute Gasteiger partial charge is 0.456 e. The van der Waals surface area contributed by atoms with Gasteiger partial charge in [-0.2, -0.15) is 0 Å². The summed E-state index contributed by atoms with van der Waals surface area (Å²) in [5.74, 6) is -0.836. The summed E-state index contributed by atoms with van der Waals surface area (Å²) in [5.41, 5.74) is 2.63. The third kappa shape index (κ3) is 2.77. The summed E-state index contributed by atoms with van der Waals surface area (Å²) in [6.45, 7) is 0.0942. The molecule has 1 unspecified atom stereocenters. The topological polar surface area (TPSA) is 46.6 Å². The molecule has 126 valence electrons. The van der Waals surface area contributed by atoms with Crippen LogP contribution in [0, 0.1) is 0 Å². The fourth-order valence-corrected chi connectivity index (χ4v) is 3.90. The average Bonchev–Trinajstić information content (AvgIpc) is 2.98. The smallest absolute Gasteiger partial charge is 0.336 e. The molecule has 0 spiro atoms. The third-order valence-electron chi connectivity index (χ3n) is 4.48. The number of benzene rings is 2. The molecule has 1 amide bonds. The average molecular weight is 419 g/mol. The predicted molar refractivity (Wildman–Crippen MR) is 98.4 cm³/mol. The predicted octanol–water partition coefficient (Wildman–Crippen LogP) is 4.43. The molecule has 0 fully saturated rings. The van der Waals surface area contributed by atoms with Gasteiger partial charge in [0, 0.05) is 27.5 Å². The lowest BCUT2D eigenvalue weighted by Crippen LogP contribution is -2.37. The van der Waals surface area contributed by atoms with Crippen molar-refractivity contribution in [2.45, 2.75) is 12.3 Å². The van der Waals surface area contributed by atoms with Gasteiger partial charge in [-0.1, -0.05) is 45.7 Å². The number of nitrogens with zero attached hydrogens (tertiary/aromatic N) is 1. The summed E-state index contributed by atoms with van der Waals surface area (Å²) in [5, 5.41) is 0.545. The van der Waals surface area contributed by atoms with Crippen LogP contribution in [0.25, 0.3) is 0 Å². The van der Waals surface area contributed by atoms with Gasteiger partial charge in [0.25, 0.3) is 0 Å². The van der Waals surface area contributed by atoms with Crippen LogP contribution in [-0.4, -0.2) is 18.5 Å². The van der Waals surface area contributed by atoms with Crippen LogP contribution in [-0.2, 0) is 14.3 Å². The molecule has 25 heavy (non-hydrogen) atoms. The lowest BCUT2D eigenvalue weighted by atomic mass is 9.84. The van der Waals surface area contributed by atoms with E-state index in [1.54, 1.807) is 11.0 Å². The van der Waals surface area contributed by atoms with Gasteiger partial charge in [0.2, 0.25) is 5.91 Å². The van der Waals surface area contributed by atoms with Crippen molar-refractivity contribution in [3.05, 3.63) is 74.9 Å². The molecule has 0 aromatic heterocycles. The van der Waals surface area contributed by atoms with E-state index in [9.17, 15) is 9.59 Å². The minimum absolute atomic E-state index is 0.0794. The molecular formula is C19H13BrClNO3. The first-order valence-corrected chi connectivity index (χ1v) is 8.96. The van der Waals surface area contributed by atoms with Crippen LogP contribution >= 0.6 is 27.5 Å². The van der Waals surface area contributed by atoms with Crippen LogP contribution in [0.4, 0.5) is 5.69 Å². The SMILES string of the molecule is O=C1OCC2=C1C(c1ccccc1Cl)CC(=O)N2c1ccc(Br)cc1. The maximum atomic E-state index is 12.9. The van der Waals surface area contributed by atoms with Crippen LogP contribution in [0.15, 0.2) is 64.3 Å². The number of hydrogen-bond donors (Lipinski definition) is 0. The van der Waals surface area contributed by atoms with Crippen molar-refractivity contribution in [1.82, 2.24) is 0 Å². The summed E-state index contributed by atoms with van der Waals surface area (Å²) in [7, 11) is 0. The molecule has 0 aliphatic carbocycles. The van der Waals surface area contributed by atoms with E-state index in [4.69, 9.17) is 16.3 Å². The zero-order valence-electron chi connectivity index (χ0n) is 13.0. The standard InChI is InChI=1S/C19H13BrClNO3/c20-11-5-7-12(8-6-11)22-16-10-25-19(24)18(16)14(9-17(22)23)13-3-1-2-4-15(13)21/h1-8,14H,9-10H2. The van der Waals surface area contributed by atoms with Gasteiger partial charge < -0.3 is 4.74 Å².